The second-order valence-corrected chi connectivity index (χ2v) is 8.67. The van der Waals surface area contributed by atoms with Gasteiger partial charge in [0.2, 0.25) is 5.95 Å². The zero-order valence-corrected chi connectivity index (χ0v) is 21.1. The van der Waals surface area contributed by atoms with Crippen LogP contribution in [-0.4, -0.2) is 23.0 Å². The number of nitrogens with one attached hydrogen (secondary N) is 3. The van der Waals surface area contributed by atoms with E-state index in [9.17, 15) is 4.79 Å². The summed E-state index contributed by atoms with van der Waals surface area (Å²) < 4.78 is 5.21. The molecule has 7 heteroatoms. The third kappa shape index (κ3) is 6.14. The van der Waals surface area contributed by atoms with Gasteiger partial charge in [-0.05, 0) is 78.7 Å². The molecule has 3 N–H and O–H groups in total. The molecule has 1 aromatic heterocycles. The highest BCUT2D eigenvalue weighted by atomic mass is 16.5. The van der Waals surface area contributed by atoms with Crippen LogP contribution in [0.4, 0.5) is 28.8 Å². The van der Waals surface area contributed by atoms with Crippen molar-refractivity contribution in [3.8, 4) is 16.9 Å². The molecule has 5 aromatic rings. The second-order valence-electron chi connectivity index (χ2n) is 8.67. The van der Waals surface area contributed by atoms with Crippen LogP contribution in [0.2, 0.25) is 0 Å². The Bertz CT molecular complexity index is 1520. The van der Waals surface area contributed by atoms with Gasteiger partial charge >= 0.3 is 0 Å². The maximum absolute atomic E-state index is 12.7. The lowest BCUT2D eigenvalue weighted by atomic mass is 10.0. The van der Waals surface area contributed by atoms with Crippen molar-refractivity contribution < 1.29 is 9.53 Å². The number of aromatic nitrogens is 2. The molecule has 7 nitrogen and oxygen atoms in total. The van der Waals surface area contributed by atoms with Gasteiger partial charge in [0.15, 0.2) is 0 Å². The first-order valence-corrected chi connectivity index (χ1v) is 12.2. The summed E-state index contributed by atoms with van der Waals surface area (Å²) in [7, 11) is 1.64. The summed E-state index contributed by atoms with van der Waals surface area (Å²) in [6.45, 7) is 1.91. The van der Waals surface area contributed by atoms with Crippen LogP contribution in [0.15, 0.2) is 109 Å². The van der Waals surface area contributed by atoms with Crippen LogP contribution in [-0.2, 0) is 0 Å². The summed E-state index contributed by atoms with van der Waals surface area (Å²) >= 11 is 0. The standard InChI is InChI=1S/C31H27N5O2/c1-21-20-29(33-25-16-18-28(38-2)19-17-25)36-31(32-21)35-27-14-12-26(13-15-27)34-30(37)24-10-8-23(9-11-24)22-6-4-3-5-7-22/h3-20H,1-2H3,(H,34,37)(H2,32,33,35,36). The van der Waals surface area contributed by atoms with Gasteiger partial charge in [0.05, 0.1) is 7.11 Å². The maximum atomic E-state index is 12.7. The molecule has 1 amide bonds. The molecule has 0 unspecified atom stereocenters. The quantitative estimate of drug-likeness (QED) is 0.208. The van der Waals surface area contributed by atoms with Gasteiger partial charge in [0.25, 0.3) is 5.91 Å². The molecule has 38 heavy (non-hydrogen) atoms. The van der Waals surface area contributed by atoms with Crippen LogP contribution in [0, 0.1) is 6.92 Å². The lowest BCUT2D eigenvalue weighted by Gasteiger charge is -2.11. The lowest BCUT2D eigenvalue weighted by Crippen LogP contribution is -2.11. The van der Waals surface area contributed by atoms with Crippen molar-refractivity contribution in [2.75, 3.05) is 23.1 Å². The number of hydrogen-bond acceptors (Lipinski definition) is 6. The molecular formula is C31H27N5O2. The van der Waals surface area contributed by atoms with E-state index in [1.165, 1.54) is 0 Å². The minimum absolute atomic E-state index is 0.165. The van der Waals surface area contributed by atoms with Crippen LogP contribution < -0.4 is 20.7 Å². The summed E-state index contributed by atoms with van der Waals surface area (Å²) in [4.78, 5) is 21.8. The van der Waals surface area contributed by atoms with Gasteiger partial charge in [-0.25, -0.2) is 4.98 Å². The van der Waals surface area contributed by atoms with Crippen LogP contribution in [0.25, 0.3) is 11.1 Å². The van der Waals surface area contributed by atoms with Crippen molar-refractivity contribution in [1.82, 2.24) is 9.97 Å². The Morgan fingerprint density at radius 3 is 1.97 bits per heavy atom. The van der Waals surface area contributed by atoms with E-state index in [0.29, 0.717) is 23.0 Å². The molecule has 0 aliphatic carbocycles. The molecule has 0 radical (unpaired) electrons. The predicted octanol–water partition coefficient (Wildman–Crippen LogP) is 7.20. The number of carbonyl (C=O) groups excluding carboxylic acids is 1. The van der Waals surface area contributed by atoms with Crippen molar-refractivity contribution in [2.24, 2.45) is 0 Å². The molecule has 0 aliphatic rings. The highest BCUT2D eigenvalue weighted by Crippen LogP contribution is 2.23. The minimum atomic E-state index is -0.165. The highest BCUT2D eigenvalue weighted by Gasteiger charge is 2.08. The zero-order valence-electron chi connectivity index (χ0n) is 21.1. The van der Waals surface area contributed by atoms with Crippen LogP contribution in [0.5, 0.6) is 5.75 Å². The molecule has 0 fully saturated rings. The molecule has 5 rings (SSSR count). The smallest absolute Gasteiger partial charge is 0.255 e. The van der Waals surface area contributed by atoms with E-state index in [4.69, 9.17) is 4.74 Å². The average molecular weight is 502 g/mol. The fourth-order valence-corrected chi connectivity index (χ4v) is 3.92. The van der Waals surface area contributed by atoms with Crippen molar-refractivity contribution in [3.63, 3.8) is 0 Å². The first-order valence-electron chi connectivity index (χ1n) is 12.2. The van der Waals surface area contributed by atoms with E-state index in [2.05, 4.69) is 25.9 Å². The minimum Gasteiger partial charge on any atom is -0.497 e. The van der Waals surface area contributed by atoms with E-state index >= 15 is 0 Å². The molecule has 0 bridgehead atoms. The molecule has 188 valence electrons. The van der Waals surface area contributed by atoms with Gasteiger partial charge < -0.3 is 20.7 Å². The Kier molecular flexibility index (Phi) is 7.27. The molecule has 4 aromatic carbocycles. The number of aryl methyl sites for hydroxylation is 1. The third-order valence-corrected chi connectivity index (χ3v) is 5.87. The topological polar surface area (TPSA) is 88.2 Å². The average Bonchev–Trinajstić information content (AvgIpc) is 2.95. The molecule has 0 aliphatic heterocycles. The molecular weight excluding hydrogens is 474 g/mol. The molecule has 1 heterocycles. The molecule has 0 saturated carbocycles. The number of benzene rings is 4. The summed E-state index contributed by atoms with van der Waals surface area (Å²) in [5.74, 6) is 1.77. The summed E-state index contributed by atoms with van der Waals surface area (Å²) in [5, 5.41) is 9.46. The third-order valence-electron chi connectivity index (χ3n) is 5.87. The molecule has 0 atom stereocenters. The Labute approximate surface area is 221 Å². The normalized spacial score (nSPS) is 10.5. The second kappa shape index (κ2) is 11.3. The Balaban J connectivity index is 1.21. The number of ether oxygens (including phenoxy) is 1. The molecule has 0 saturated heterocycles. The number of amides is 1. The van der Waals surface area contributed by atoms with Gasteiger partial charge in [-0.15, -0.1) is 0 Å². The Morgan fingerprint density at radius 1 is 0.684 bits per heavy atom. The van der Waals surface area contributed by atoms with Crippen LogP contribution in [0.1, 0.15) is 16.1 Å². The lowest BCUT2D eigenvalue weighted by molar-refractivity contribution is 0.102. The summed E-state index contributed by atoms with van der Waals surface area (Å²) in [6.07, 6.45) is 0. The Hall–Kier alpha value is -5.17. The van der Waals surface area contributed by atoms with Gasteiger partial charge in [0, 0.05) is 34.4 Å². The van der Waals surface area contributed by atoms with Gasteiger partial charge in [-0.3, -0.25) is 4.79 Å². The first-order chi connectivity index (χ1) is 18.6. The van der Waals surface area contributed by atoms with E-state index in [1.54, 1.807) is 7.11 Å². The van der Waals surface area contributed by atoms with Crippen molar-refractivity contribution >= 4 is 34.7 Å². The van der Waals surface area contributed by atoms with Crippen LogP contribution >= 0.6 is 0 Å². The van der Waals surface area contributed by atoms with Gasteiger partial charge in [-0.1, -0.05) is 42.5 Å². The van der Waals surface area contributed by atoms with Crippen LogP contribution in [0.3, 0.4) is 0 Å². The fraction of sp³-hybridized carbons (Fsp3) is 0.0645. The number of carbonyl (C=O) groups is 1. The number of anilines is 5. The SMILES string of the molecule is COc1ccc(Nc2cc(C)nc(Nc3ccc(NC(=O)c4ccc(-c5ccccc5)cc4)cc3)n2)cc1. The monoisotopic (exact) mass is 501 g/mol. The Morgan fingerprint density at radius 2 is 1.29 bits per heavy atom. The van der Waals surface area contributed by atoms with E-state index < -0.39 is 0 Å². The van der Waals surface area contributed by atoms with E-state index in [0.717, 1.165) is 33.9 Å². The largest absolute Gasteiger partial charge is 0.497 e. The van der Waals surface area contributed by atoms with Crippen molar-refractivity contribution in [2.45, 2.75) is 6.92 Å². The number of hydrogen-bond donors (Lipinski definition) is 3. The number of methoxy groups -OCH3 is 1. The number of nitrogens with zero attached hydrogens (tertiary/aromatic N) is 2. The summed E-state index contributed by atoms with van der Waals surface area (Å²) in [5.41, 5.74) is 5.99. The van der Waals surface area contributed by atoms with E-state index in [-0.39, 0.29) is 5.91 Å². The maximum Gasteiger partial charge on any atom is 0.255 e. The first kappa shape index (κ1) is 24.5. The van der Waals surface area contributed by atoms with Crippen molar-refractivity contribution in [1.29, 1.82) is 0 Å². The van der Waals surface area contributed by atoms with E-state index in [1.807, 2.05) is 116 Å². The fourth-order valence-electron chi connectivity index (χ4n) is 3.92. The van der Waals surface area contributed by atoms with Gasteiger partial charge in [-0.2, -0.15) is 4.98 Å². The number of rotatable bonds is 8. The zero-order chi connectivity index (χ0) is 26.3. The van der Waals surface area contributed by atoms with Crippen molar-refractivity contribution in [3.05, 3.63) is 120 Å². The summed E-state index contributed by atoms with van der Waals surface area (Å²) in [6, 6.07) is 34.6. The van der Waals surface area contributed by atoms with Gasteiger partial charge in [0.1, 0.15) is 11.6 Å². The molecule has 0 spiro atoms. The highest BCUT2D eigenvalue weighted by molar-refractivity contribution is 6.04. The predicted molar refractivity (Wildman–Crippen MR) is 153 cm³/mol.